The zero-order valence-corrected chi connectivity index (χ0v) is 12.2. The first-order valence-corrected chi connectivity index (χ1v) is 7.13. The first-order valence-electron chi connectivity index (χ1n) is 7.13. The Morgan fingerprint density at radius 2 is 2.21 bits per heavy atom. The normalized spacial score (nSPS) is 19.8. The van der Waals surface area contributed by atoms with Crippen molar-refractivity contribution in [3.63, 3.8) is 0 Å². The molecule has 1 aliphatic rings. The lowest BCUT2D eigenvalue weighted by Gasteiger charge is -2.28. The minimum Gasteiger partial charge on any atom is -0.497 e. The summed E-state index contributed by atoms with van der Waals surface area (Å²) in [5.74, 6) is 1.51. The van der Waals surface area contributed by atoms with Gasteiger partial charge in [-0.05, 0) is 48.4 Å². The zero-order chi connectivity index (χ0) is 13.7. The van der Waals surface area contributed by atoms with E-state index in [-0.39, 0.29) is 0 Å². The summed E-state index contributed by atoms with van der Waals surface area (Å²) in [5, 5.41) is 3.68. The van der Waals surface area contributed by atoms with Crippen LogP contribution >= 0.6 is 0 Å². The van der Waals surface area contributed by atoms with Crippen molar-refractivity contribution in [3.8, 4) is 5.75 Å². The zero-order valence-electron chi connectivity index (χ0n) is 12.2. The van der Waals surface area contributed by atoms with Crippen LogP contribution in [0.1, 0.15) is 36.9 Å². The maximum Gasteiger partial charge on any atom is 0.119 e. The molecule has 0 amide bonds. The summed E-state index contributed by atoms with van der Waals surface area (Å²) in [6, 6.07) is 6.94. The number of rotatable bonds is 6. The Kier molecular flexibility index (Phi) is 5.23. The molecular weight excluding hydrogens is 238 g/mol. The van der Waals surface area contributed by atoms with Gasteiger partial charge in [-0.2, -0.15) is 0 Å². The molecule has 106 valence electrons. The van der Waals surface area contributed by atoms with Crippen LogP contribution in [0, 0.1) is 5.92 Å². The molecule has 19 heavy (non-hydrogen) atoms. The third-order valence-electron chi connectivity index (χ3n) is 3.83. The molecule has 2 rings (SSSR count). The maximum absolute atomic E-state index is 5.31. The molecule has 0 heterocycles. The van der Waals surface area contributed by atoms with Gasteiger partial charge in [0.25, 0.3) is 0 Å². The summed E-state index contributed by atoms with van der Waals surface area (Å²) in [6.45, 7) is 4.04. The van der Waals surface area contributed by atoms with Gasteiger partial charge in [0.15, 0.2) is 0 Å². The van der Waals surface area contributed by atoms with Gasteiger partial charge in [-0.15, -0.1) is 0 Å². The summed E-state index contributed by atoms with van der Waals surface area (Å²) in [7, 11) is 3.49. The lowest BCUT2D eigenvalue weighted by atomic mass is 9.87. The monoisotopic (exact) mass is 263 g/mol. The Labute approximate surface area is 116 Å². The molecule has 2 unspecified atom stereocenters. The Balaban J connectivity index is 2.01. The van der Waals surface area contributed by atoms with Crippen LogP contribution < -0.4 is 10.1 Å². The van der Waals surface area contributed by atoms with Gasteiger partial charge in [0.05, 0.1) is 7.11 Å². The van der Waals surface area contributed by atoms with E-state index >= 15 is 0 Å². The lowest BCUT2D eigenvalue weighted by Crippen LogP contribution is -2.30. The molecule has 1 aromatic rings. The van der Waals surface area contributed by atoms with Crippen molar-refractivity contribution in [2.24, 2.45) is 5.92 Å². The van der Waals surface area contributed by atoms with Gasteiger partial charge in [0, 0.05) is 26.3 Å². The Morgan fingerprint density at radius 1 is 1.37 bits per heavy atom. The van der Waals surface area contributed by atoms with Crippen LogP contribution in [0.3, 0.4) is 0 Å². The number of methoxy groups -OCH3 is 2. The predicted octanol–water partition coefficient (Wildman–Crippen LogP) is 2.94. The highest BCUT2D eigenvalue weighted by atomic mass is 16.5. The van der Waals surface area contributed by atoms with E-state index in [0.29, 0.717) is 12.0 Å². The summed E-state index contributed by atoms with van der Waals surface area (Å²) in [6.07, 6.45) is 3.63. The molecular formula is C16H25NO2. The van der Waals surface area contributed by atoms with Crippen molar-refractivity contribution in [2.75, 3.05) is 27.4 Å². The Bertz CT molecular complexity index is 406. The molecule has 0 bridgehead atoms. The van der Waals surface area contributed by atoms with Crippen molar-refractivity contribution in [1.82, 2.24) is 5.32 Å². The van der Waals surface area contributed by atoms with Gasteiger partial charge in [-0.25, -0.2) is 0 Å². The summed E-state index contributed by atoms with van der Waals surface area (Å²) in [4.78, 5) is 0. The molecule has 1 aromatic carbocycles. The fourth-order valence-corrected chi connectivity index (χ4v) is 2.82. The quantitative estimate of drug-likeness (QED) is 0.856. The molecule has 0 fully saturated rings. The summed E-state index contributed by atoms with van der Waals surface area (Å²) in [5.41, 5.74) is 2.87. The van der Waals surface area contributed by atoms with Crippen LogP contribution in [0.4, 0.5) is 0 Å². The van der Waals surface area contributed by atoms with E-state index < -0.39 is 0 Å². The fourth-order valence-electron chi connectivity index (χ4n) is 2.82. The highest BCUT2D eigenvalue weighted by molar-refractivity contribution is 5.39. The molecule has 0 spiro atoms. The number of benzene rings is 1. The molecule has 0 aliphatic heterocycles. The average molecular weight is 263 g/mol. The second kappa shape index (κ2) is 6.92. The molecule has 0 saturated heterocycles. The Hall–Kier alpha value is -1.06. The van der Waals surface area contributed by atoms with Crippen LogP contribution in [0.5, 0.6) is 5.75 Å². The van der Waals surface area contributed by atoms with E-state index in [2.05, 4.69) is 30.4 Å². The van der Waals surface area contributed by atoms with Gasteiger partial charge in [-0.1, -0.05) is 13.0 Å². The van der Waals surface area contributed by atoms with Crippen LogP contribution in [0.15, 0.2) is 18.2 Å². The van der Waals surface area contributed by atoms with Gasteiger partial charge >= 0.3 is 0 Å². The minimum absolute atomic E-state index is 0.481. The molecule has 1 aliphatic carbocycles. The van der Waals surface area contributed by atoms with Gasteiger partial charge < -0.3 is 14.8 Å². The molecule has 0 aromatic heterocycles. The SMILES string of the molecule is COCC(C)CNC1CCCc2cc(OC)ccc21. The van der Waals surface area contributed by atoms with E-state index in [1.165, 1.54) is 30.4 Å². The fraction of sp³-hybridized carbons (Fsp3) is 0.625. The third kappa shape index (κ3) is 3.71. The second-order valence-electron chi connectivity index (χ2n) is 5.48. The van der Waals surface area contributed by atoms with Crippen molar-refractivity contribution in [2.45, 2.75) is 32.2 Å². The van der Waals surface area contributed by atoms with E-state index in [1.807, 2.05) is 0 Å². The lowest BCUT2D eigenvalue weighted by molar-refractivity contribution is 0.156. The largest absolute Gasteiger partial charge is 0.497 e. The van der Waals surface area contributed by atoms with Crippen LogP contribution in [-0.2, 0) is 11.2 Å². The van der Waals surface area contributed by atoms with Gasteiger partial charge in [0.1, 0.15) is 5.75 Å². The summed E-state index contributed by atoms with van der Waals surface area (Å²) >= 11 is 0. The van der Waals surface area contributed by atoms with Crippen molar-refractivity contribution >= 4 is 0 Å². The van der Waals surface area contributed by atoms with Crippen LogP contribution in [0.2, 0.25) is 0 Å². The standard InChI is InChI=1S/C16H25NO2/c1-12(11-18-2)10-17-16-6-4-5-13-9-14(19-3)7-8-15(13)16/h7-9,12,16-17H,4-6,10-11H2,1-3H3. The number of ether oxygens (including phenoxy) is 2. The summed E-state index contributed by atoms with van der Waals surface area (Å²) < 4.78 is 10.5. The molecule has 3 heteroatoms. The minimum atomic E-state index is 0.481. The van der Waals surface area contributed by atoms with Gasteiger partial charge in [0.2, 0.25) is 0 Å². The molecule has 3 nitrogen and oxygen atoms in total. The van der Waals surface area contributed by atoms with E-state index in [9.17, 15) is 0 Å². The van der Waals surface area contributed by atoms with E-state index in [4.69, 9.17) is 9.47 Å². The second-order valence-corrected chi connectivity index (χ2v) is 5.48. The average Bonchev–Trinajstić information content (AvgIpc) is 2.44. The smallest absolute Gasteiger partial charge is 0.119 e. The number of hydrogen-bond acceptors (Lipinski definition) is 3. The first kappa shape index (κ1) is 14.4. The highest BCUT2D eigenvalue weighted by Gasteiger charge is 2.20. The molecule has 0 radical (unpaired) electrons. The van der Waals surface area contributed by atoms with Crippen LogP contribution in [0.25, 0.3) is 0 Å². The molecule has 0 saturated carbocycles. The molecule has 2 atom stereocenters. The predicted molar refractivity (Wildman–Crippen MR) is 77.7 cm³/mol. The number of aryl methyl sites for hydroxylation is 1. The topological polar surface area (TPSA) is 30.5 Å². The number of fused-ring (bicyclic) bond motifs is 1. The van der Waals surface area contributed by atoms with E-state index in [1.54, 1.807) is 14.2 Å². The van der Waals surface area contributed by atoms with Crippen molar-refractivity contribution in [3.05, 3.63) is 29.3 Å². The molecule has 1 N–H and O–H groups in total. The van der Waals surface area contributed by atoms with Gasteiger partial charge in [-0.3, -0.25) is 0 Å². The maximum atomic E-state index is 5.31. The first-order chi connectivity index (χ1) is 9.24. The van der Waals surface area contributed by atoms with E-state index in [0.717, 1.165) is 18.9 Å². The highest BCUT2D eigenvalue weighted by Crippen LogP contribution is 2.32. The van der Waals surface area contributed by atoms with Crippen LogP contribution in [-0.4, -0.2) is 27.4 Å². The van der Waals surface area contributed by atoms with Crippen molar-refractivity contribution in [1.29, 1.82) is 0 Å². The third-order valence-corrected chi connectivity index (χ3v) is 3.83. The van der Waals surface area contributed by atoms with Crippen molar-refractivity contribution < 1.29 is 9.47 Å². The Morgan fingerprint density at radius 3 is 2.95 bits per heavy atom. The number of hydrogen-bond donors (Lipinski definition) is 1. The number of nitrogens with one attached hydrogen (secondary N) is 1.